The topological polar surface area (TPSA) is 32.3 Å². The molecule has 1 atom stereocenters. The van der Waals surface area contributed by atoms with Crippen molar-refractivity contribution in [3.05, 3.63) is 28.8 Å². The van der Waals surface area contributed by atoms with Crippen molar-refractivity contribution in [2.45, 2.75) is 39.7 Å². The van der Waals surface area contributed by atoms with Crippen LogP contribution in [0.2, 0.25) is 5.02 Å². The lowest BCUT2D eigenvalue weighted by Crippen LogP contribution is -2.45. The van der Waals surface area contributed by atoms with E-state index in [2.05, 4.69) is 17.1 Å². The van der Waals surface area contributed by atoms with Crippen LogP contribution >= 0.6 is 11.6 Å². The molecule has 0 unspecified atom stereocenters. The molecule has 1 aliphatic rings. The van der Waals surface area contributed by atoms with Gasteiger partial charge in [0.2, 0.25) is 5.91 Å². The highest BCUT2D eigenvalue weighted by molar-refractivity contribution is 6.31. The van der Waals surface area contributed by atoms with Gasteiger partial charge in [-0.15, -0.1) is 0 Å². The lowest BCUT2D eigenvalue weighted by Gasteiger charge is -2.34. The van der Waals surface area contributed by atoms with E-state index in [4.69, 9.17) is 11.6 Å². The zero-order valence-electron chi connectivity index (χ0n) is 12.4. The first-order valence-corrected chi connectivity index (χ1v) is 7.67. The number of nitrogens with one attached hydrogen (secondary N) is 1. The zero-order chi connectivity index (χ0) is 14.7. The fourth-order valence-electron chi connectivity index (χ4n) is 2.56. The summed E-state index contributed by atoms with van der Waals surface area (Å²) in [6.45, 7) is 8.18. The second-order valence-corrected chi connectivity index (χ2v) is 6.20. The van der Waals surface area contributed by atoms with Crippen LogP contribution in [0.3, 0.4) is 0 Å². The number of carbonyl (C=O) groups excluding carboxylic acids is 1. The van der Waals surface area contributed by atoms with Crippen molar-refractivity contribution in [3.8, 4) is 0 Å². The summed E-state index contributed by atoms with van der Waals surface area (Å²) < 4.78 is 0. The molecule has 4 heteroatoms. The number of amides is 1. The lowest BCUT2D eigenvalue weighted by molar-refractivity contribution is -0.121. The number of likely N-dealkylation sites (tertiary alicyclic amines) is 1. The third kappa shape index (κ3) is 3.53. The Bertz CT molecular complexity index is 481. The van der Waals surface area contributed by atoms with E-state index >= 15 is 0 Å². The molecule has 0 aromatic heterocycles. The Labute approximate surface area is 126 Å². The van der Waals surface area contributed by atoms with Crippen LogP contribution in [-0.4, -0.2) is 29.9 Å². The van der Waals surface area contributed by atoms with E-state index in [1.54, 1.807) is 0 Å². The van der Waals surface area contributed by atoms with Gasteiger partial charge < -0.3 is 5.32 Å². The third-order valence-corrected chi connectivity index (χ3v) is 4.68. The molecule has 2 rings (SSSR count). The number of anilines is 1. The Morgan fingerprint density at radius 2 is 2.05 bits per heavy atom. The van der Waals surface area contributed by atoms with Gasteiger partial charge >= 0.3 is 0 Å². The van der Waals surface area contributed by atoms with Crippen molar-refractivity contribution in [2.75, 3.05) is 18.4 Å². The van der Waals surface area contributed by atoms with Crippen LogP contribution in [0.4, 0.5) is 5.69 Å². The molecular formula is C16H23ClN2O. The molecule has 1 N–H and O–H groups in total. The van der Waals surface area contributed by atoms with Gasteiger partial charge in [0.1, 0.15) is 0 Å². The quantitative estimate of drug-likeness (QED) is 0.922. The summed E-state index contributed by atoms with van der Waals surface area (Å²) in [5.41, 5.74) is 1.72. The van der Waals surface area contributed by atoms with Gasteiger partial charge in [-0.05, 0) is 63.4 Å². The molecule has 1 aliphatic heterocycles. The highest BCUT2D eigenvalue weighted by atomic mass is 35.5. The number of nitrogens with zero attached hydrogens (tertiary/aromatic N) is 1. The summed E-state index contributed by atoms with van der Waals surface area (Å²) >= 11 is 6.08. The maximum Gasteiger partial charge on any atom is 0.241 e. The summed E-state index contributed by atoms with van der Waals surface area (Å²) in [4.78, 5) is 14.6. The second-order valence-electron chi connectivity index (χ2n) is 5.80. The monoisotopic (exact) mass is 294 g/mol. The lowest BCUT2D eigenvalue weighted by atomic mass is 9.98. The Morgan fingerprint density at radius 1 is 1.40 bits per heavy atom. The fourth-order valence-corrected chi connectivity index (χ4v) is 2.74. The number of halogens is 1. The molecule has 3 nitrogen and oxygen atoms in total. The summed E-state index contributed by atoms with van der Waals surface area (Å²) in [7, 11) is 0. The molecule has 1 amide bonds. The van der Waals surface area contributed by atoms with Gasteiger partial charge in [0.15, 0.2) is 0 Å². The zero-order valence-corrected chi connectivity index (χ0v) is 13.2. The van der Waals surface area contributed by atoms with Gasteiger partial charge in [-0.1, -0.05) is 24.6 Å². The number of rotatable bonds is 3. The van der Waals surface area contributed by atoms with E-state index in [-0.39, 0.29) is 11.9 Å². The molecule has 0 saturated carbocycles. The molecule has 1 aromatic carbocycles. The van der Waals surface area contributed by atoms with Crippen molar-refractivity contribution in [1.29, 1.82) is 0 Å². The summed E-state index contributed by atoms with van der Waals surface area (Å²) in [5.74, 6) is 0.821. The van der Waals surface area contributed by atoms with Crippen molar-refractivity contribution in [1.82, 2.24) is 4.90 Å². The Kier molecular flexibility index (Phi) is 5.06. The van der Waals surface area contributed by atoms with Crippen molar-refractivity contribution in [2.24, 2.45) is 5.92 Å². The van der Waals surface area contributed by atoms with Gasteiger partial charge in [0.25, 0.3) is 0 Å². The molecule has 1 fully saturated rings. The largest absolute Gasteiger partial charge is 0.324 e. The minimum atomic E-state index is -0.0964. The van der Waals surface area contributed by atoms with Crippen LogP contribution < -0.4 is 5.32 Å². The first-order valence-electron chi connectivity index (χ1n) is 7.29. The molecule has 0 bridgehead atoms. The highest BCUT2D eigenvalue weighted by Gasteiger charge is 2.25. The SMILES string of the molecule is Cc1c(Cl)cccc1NC(=O)[C@H](C)N1CCC(C)CC1. The number of piperidine rings is 1. The average molecular weight is 295 g/mol. The first-order chi connectivity index (χ1) is 9.49. The molecule has 0 radical (unpaired) electrons. The van der Waals surface area contributed by atoms with Crippen LogP contribution in [0.25, 0.3) is 0 Å². The normalized spacial score (nSPS) is 18.8. The van der Waals surface area contributed by atoms with Crippen LogP contribution in [-0.2, 0) is 4.79 Å². The molecule has 0 spiro atoms. The standard InChI is InChI=1S/C16H23ClN2O/c1-11-7-9-19(10-8-11)13(3)16(20)18-15-6-4-5-14(17)12(15)2/h4-6,11,13H,7-10H2,1-3H3,(H,18,20)/t13-/m0/s1. The Hall–Kier alpha value is -1.06. The van der Waals surface area contributed by atoms with Crippen molar-refractivity contribution in [3.63, 3.8) is 0 Å². The molecular weight excluding hydrogens is 272 g/mol. The molecule has 0 aliphatic carbocycles. The van der Waals surface area contributed by atoms with Crippen LogP contribution in [0.15, 0.2) is 18.2 Å². The third-order valence-electron chi connectivity index (χ3n) is 4.27. The summed E-state index contributed by atoms with van der Waals surface area (Å²) in [5, 5.41) is 3.68. The fraction of sp³-hybridized carbons (Fsp3) is 0.562. The summed E-state index contributed by atoms with van der Waals surface area (Å²) in [6, 6.07) is 5.49. The molecule has 1 saturated heterocycles. The van der Waals surface area contributed by atoms with E-state index < -0.39 is 0 Å². The number of carbonyl (C=O) groups is 1. The van der Waals surface area contributed by atoms with Gasteiger partial charge in [-0.2, -0.15) is 0 Å². The van der Waals surface area contributed by atoms with Crippen LogP contribution in [0.1, 0.15) is 32.3 Å². The van der Waals surface area contributed by atoms with Gasteiger partial charge in [-0.25, -0.2) is 0 Å². The van der Waals surface area contributed by atoms with Gasteiger partial charge in [-0.3, -0.25) is 9.69 Å². The molecule has 1 aromatic rings. The minimum absolute atomic E-state index is 0.0462. The summed E-state index contributed by atoms with van der Waals surface area (Å²) in [6.07, 6.45) is 2.35. The van der Waals surface area contributed by atoms with E-state index in [0.717, 1.165) is 30.3 Å². The first kappa shape index (κ1) is 15.3. The van der Waals surface area contributed by atoms with Crippen molar-refractivity contribution >= 4 is 23.2 Å². The van der Waals surface area contributed by atoms with E-state index in [0.29, 0.717) is 5.02 Å². The maximum atomic E-state index is 12.4. The molecule has 1 heterocycles. The smallest absolute Gasteiger partial charge is 0.241 e. The molecule has 110 valence electrons. The van der Waals surface area contributed by atoms with Crippen molar-refractivity contribution < 1.29 is 4.79 Å². The number of benzene rings is 1. The van der Waals surface area contributed by atoms with E-state index in [1.807, 2.05) is 32.0 Å². The van der Waals surface area contributed by atoms with E-state index in [9.17, 15) is 4.79 Å². The molecule has 20 heavy (non-hydrogen) atoms. The predicted octanol–water partition coefficient (Wildman–Crippen LogP) is 3.71. The predicted molar refractivity (Wildman–Crippen MR) is 84.3 cm³/mol. The minimum Gasteiger partial charge on any atom is -0.324 e. The van der Waals surface area contributed by atoms with Crippen LogP contribution in [0, 0.1) is 12.8 Å². The second kappa shape index (κ2) is 6.59. The van der Waals surface area contributed by atoms with E-state index in [1.165, 1.54) is 12.8 Å². The van der Waals surface area contributed by atoms with Gasteiger partial charge in [0.05, 0.1) is 6.04 Å². The number of hydrogen-bond acceptors (Lipinski definition) is 2. The average Bonchev–Trinajstić information content (AvgIpc) is 2.44. The highest BCUT2D eigenvalue weighted by Crippen LogP contribution is 2.24. The maximum absolute atomic E-state index is 12.4. The number of hydrogen-bond donors (Lipinski definition) is 1. The van der Waals surface area contributed by atoms with Gasteiger partial charge in [0, 0.05) is 10.7 Å². The Morgan fingerprint density at radius 3 is 2.70 bits per heavy atom. The Balaban J connectivity index is 1.99. The van der Waals surface area contributed by atoms with Crippen LogP contribution in [0.5, 0.6) is 0 Å².